The van der Waals surface area contributed by atoms with Gasteiger partial charge in [0, 0.05) is 43.6 Å². The molecule has 1 aliphatic heterocycles. The van der Waals surface area contributed by atoms with Gasteiger partial charge in [0.15, 0.2) is 5.82 Å². The Bertz CT molecular complexity index is 928. The summed E-state index contributed by atoms with van der Waals surface area (Å²) in [7, 11) is 1.64. The molecule has 150 valence electrons. The lowest BCUT2D eigenvalue weighted by atomic mass is 10.0. The number of rotatable bonds is 5. The Hall–Kier alpha value is -2.68. The molecule has 1 aromatic carbocycles. The first kappa shape index (κ1) is 20.1. The van der Waals surface area contributed by atoms with Crippen LogP contribution in [0.5, 0.6) is 5.75 Å². The normalized spacial score (nSPS) is 20.0. The summed E-state index contributed by atoms with van der Waals surface area (Å²) in [5.74, 6) is 1.51. The van der Waals surface area contributed by atoms with Crippen molar-refractivity contribution in [3.8, 4) is 5.75 Å². The molecule has 0 unspecified atom stereocenters. The number of β-amino-alcohol motifs (C(OH)–C–C–N with tert-alkyl or cyclic N) is 1. The molecule has 2 atom stereocenters. The summed E-state index contributed by atoms with van der Waals surface area (Å²) in [6.07, 6.45) is 3.76. The number of nitrogens with two attached hydrogens (primary N) is 1. The minimum Gasteiger partial charge on any atom is -0.497 e. The van der Waals surface area contributed by atoms with E-state index in [1.54, 1.807) is 7.11 Å². The molecule has 0 saturated carbocycles. The molecule has 0 radical (unpaired) electrons. The van der Waals surface area contributed by atoms with Crippen molar-refractivity contribution in [1.29, 1.82) is 0 Å². The van der Waals surface area contributed by atoms with Crippen LogP contribution in [0.25, 0.3) is 5.52 Å². The third kappa shape index (κ3) is 4.09. The zero-order valence-electron chi connectivity index (χ0n) is 15.2. The lowest BCUT2D eigenvalue weighted by Gasteiger charge is -2.33. The second-order valence-corrected chi connectivity index (χ2v) is 6.85. The second-order valence-electron chi connectivity index (χ2n) is 6.85. The number of benzene rings is 1. The molecule has 1 fully saturated rings. The molecule has 4 N–H and O–H groups in total. The van der Waals surface area contributed by atoms with Crippen molar-refractivity contribution in [3.05, 3.63) is 48.4 Å². The lowest BCUT2D eigenvalue weighted by Crippen LogP contribution is -2.50. The maximum atomic E-state index is 10.1. The molecule has 4 rings (SSSR count). The van der Waals surface area contributed by atoms with Crippen molar-refractivity contribution in [1.82, 2.24) is 19.5 Å². The summed E-state index contributed by atoms with van der Waals surface area (Å²) in [4.78, 5) is 6.65. The lowest BCUT2D eigenvalue weighted by molar-refractivity contribution is 0.0501. The van der Waals surface area contributed by atoms with Gasteiger partial charge in [-0.05, 0) is 30.2 Å². The van der Waals surface area contributed by atoms with Crippen molar-refractivity contribution < 1.29 is 9.84 Å². The van der Waals surface area contributed by atoms with Crippen molar-refractivity contribution in [2.75, 3.05) is 25.5 Å². The number of hydrogen-bond acceptors (Lipinski definition) is 7. The molecule has 3 aromatic rings. The van der Waals surface area contributed by atoms with Crippen LogP contribution < -0.4 is 15.8 Å². The van der Waals surface area contributed by atoms with Crippen LogP contribution in [0.4, 0.5) is 11.5 Å². The van der Waals surface area contributed by atoms with Gasteiger partial charge in [0.25, 0.3) is 0 Å². The third-order valence-electron chi connectivity index (χ3n) is 4.98. The maximum Gasteiger partial charge on any atom is 0.158 e. The maximum absolute atomic E-state index is 10.1. The number of likely N-dealkylation sites (tertiary alicyclic amines) is 1. The van der Waals surface area contributed by atoms with Gasteiger partial charge in [-0.1, -0.05) is 13.5 Å². The molecule has 0 amide bonds. The molecule has 1 saturated heterocycles. The Balaban J connectivity index is 0.00000225. The number of hydrogen-bond donors (Lipinski definition) is 3. The molecule has 0 aliphatic carbocycles. The van der Waals surface area contributed by atoms with Gasteiger partial charge in [0.1, 0.15) is 17.6 Å². The largest absolute Gasteiger partial charge is 0.497 e. The van der Waals surface area contributed by atoms with E-state index in [1.165, 1.54) is 6.33 Å². The molecule has 2 aromatic heterocycles. The molecule has 8 heteroatoms. The SMILES string of the molecule is C.COc1cccc(Nc2ncnn3ccc(CN4CC[C@@H](N)[C@@H](O)C4)c23)c1. The number of aromatic nitrogens is 3. The summed E-state index contributed by atoms with van der Waals surface area (Å²) in [5.41, 5.74) is 8.83. The van der Waals surface area contributed by atoms with Crippen molar-refractivity contribution >= 4 is 17.0 Å². The van der Waals surface area contributed by atoms with E-state index in [9.17, 15) is 5.11 Å². The molecule has 0 spiro atoms. The Kier molecular flexibility index (Phi) is 6.13. The Morgan fingerprint density at radius 3 is 3.00 bits per heavy atom. The first-order chi connectivity index (χ1) is 13.1. The minimum atomic E-state index is -0.488. The Morgan fingerprint density at radius 2 is 2.21 bits per heavy atom. The molecule has 1 aliphatic rings. The van der Waals surface area contributed by atoms with Gasteiger partial charge < -0.3 is 20.9 Å². The number of piperidine rings is 1. The fraction of sp³-hybridized carbons (Fsp3) is 0.400. The van der Waals surface area contributed by atoms with Crippen LogP contribution in [0.1, 0.15) is 19.4 Å². The summed E-state index contributed by atoms with van der Waals surface area (Å²) >= 11 is 0. The van der Waals surface area contributed by atoms with Crippen LogP contribution >= 0.6 is 0 Å². The van der Waals surface area contributed by atoms with Crippen molar-refractivity contribution in [2.45, 2.75) is 32.5 Å². The fourth-order valence-electron chi connectivity index (χ4n) is 3.47. The van der Waals surface area contributed by atoms with Gasteiger partial charge in [0.05, 0.1) is 13.2 Å². The highest BCUT2D eigenvalue weighted by atomic mass is 16.5. The monoisotopic (exact) mass is 384 g/mol. The predicted octanol–water partition coefficient (Wildman–Crippen LogP) is 2.01. The van der Waals surface area contributed by atoms with Gasteiger partial charge in [-0.15, -0.1) is 0 Å². The number of methoxy groups -OCH3 is 1. The van der Waals surface area contributed by atoms with Gasteiger partial charge in [-0.2, -0.15) is 5.10 Å². The van der Waals surface area contributed by atoms with Crippen LogP contribution in [0.3, 0.4) is 0 Å². The fourth-order valence-corrected chi connectivity index (χ4v) is 3.47. The number of nitrogens with one attached hydrogen (secondary N) is 1. The molecule has 28 heavy (non-hydrogen) atoms. The van der Waals surface area contributed by atoms with Gasteiger partial charge in [-0.3, -0.25) is 4.90 Å². The van der Waals surface area contributed by atoms with Crippen LogP contribution in [-0.2, 0) is 6.54 Å². The van der Waals surface area contributed by atoms with E-state index < -0.39 is 6.10 Å². The van der Waals surface area contributed by atoms with E-state index in [2.05, 4.69) is 20.3 Å². The summed E-state index contributed by atoms with van der Waals surface area (Å²) in [5, 5.41) is 17.7. The van der Waals surface area contributed by atoms with Gasteiger partial charge >= 0.3 is 0 Å². The smallest absolute Gasteiger partial charge is 0.158 e. The zero-order chi connectivity index (χ0) is 18.8. The quantitative estimate of drug-likeness (QED) is 0.618. The number of aliphatic hydroxyl groups is 1. The van der Waals surface area contributed by atoms with Crippen LogP contribution in [0, 0.1) is 0 Å². The average molecular weight is 384 g/mol. The molecule has 8 nitrogen and oxygen atoms in total. The van der Waals surface area contributed by atoms with Gasteiger partial charge in [0.2, 0.25) is 0 Å². The standard InChI is InChI=1S/C19H24N6O2.CH4/c1-27-15-4-2-3-14(9-15)23-19-18-13(5-8-25(18)22-12-21-19)10-24-7-6-16(20)17(26)11-24;/h2-5,8-9,12,16-17,26H,6-7,10-11,20H2,1H3,(H,21,22,23);1H4/t16-,17+;/m1./s1. The zero-order valence-corrected chi connectivity index (χ0v) is 15.2. The first-order valence-electron chi connectivity index (χ1n) is 9.02. The number of fused-ring (bicyclic) bond motifs is 1. The minimum absolute atomic E-state index is 0. The van der Waals surface area contributed by atoms with Crippen molar-refractivity contribution in [2.24, 2.45) is 5.73 Å². The summed E-state index contributed by atoms with van der Waals surface area (Å²) in [6.45, 7) is 2.15. The van der Waals surface area contributed by atoms with Crippen LogP contribution in [0.15, 0.2) is 42.9 Å². The van der Waals surface area contributed by atoms with E-state index in [4.69, 9.17) is 10.5 Å². The summed E-state index contributed by atoms with van der Waals surface area (Å²) < 4.78 is 7.11. The van der Waals surface area contributed by atoms with E-state index in [0.29, 0.717) is 13.1 Å². The molecular weight excluding hydrogens is 356 g/mol. The first-order valence-corrected chi connectivity index (χ1v) is 9.02. The number of aliphatic hydroxyl groups excluding tert-OH is 1. The van der Waals surface area contributed by atoms with Crippen LogP contribution in [-0.4, -0.2) is 56.9 Å². The highest BCUT2D eigenvalue weighted by Crippen LogP contribution is 2.26. The average Bonchev–Trinajstić information content (AvgIpc) is 3.09. The highest BCUT2D eigenvalue weighted by molar-refractivity contribution is 5.76. The van der Waals surface area contributed by atoms with Crippen molar-refractivity contribution in [3.63, 3.8) is 0 Å². The Morgan fingerprint density at radius 1 is 1.36 bits per heavy atom. The third-order valence-corrected chi connectivity index (χ3v) is 4.98. The predicted molar refractivity (Wildman–Crippen MR) is 110 cm³/mol. The van der Waals surface area contributed by atoms with E-state index in [1.807, 2.05) is 41.0 Å². The number of anilines is 2. The van der Waals surface area contributed by atoms with E-state index in [0.717, 1.165) is 41.3 Å². The Labute approximate surface area is 164 Å². The topological polar surface area (TPSA) is 101 Å². The summed E-state index contributed by atoms with van der Waals surface area (Å²) in [6, 6.07) is 9.62. The molecule has 3 heterocycles. The number of ether oxygens (including phenoxy) is 1. The molecular formula is C20H28N6O2. The second kappa shape index (κ2) is 8.55. The highest BCUT2D eigenvalue weighted by Gasteiger charge is 2.25. The van der Waals surface area contributed by atoms with Gasteiger partial charge in [-0.25, -0.2) is 9.50 Å². The molecule has 0 bridgehead atoms. The van der Waals surface area contributed by atoms with E-state index in [-0.39, 0.29) is 13.5 Å². The van der Waals surface area contributed by atoms with E-state index >= 15 is 0 Å². The number of nitrogens with zero attached hydrogens (tertiary/aromatic N) is 4. The van der Waals surface area contributed by atoms with Crippen LogP contribution in [0.2, 0.25) is 0 Å².